The summed E-state index contributed by atoms with van der Waals surface area (Å²) in [5.74, 6) is -0.194. The fraction of sp³-hybridized carbons (Fsp3) is 0.562. The molecule has 0 aliphatic heterocycles. The molecule has 1 aromatic carbocycles. The number of hydrogen-bond donors (Lipinski definition) is 2. The minimum Gasteiger partial charge on any atom is -0.368 e. The molecule has 1 amide bonds. The molecule has 0 heterocycles. The number of benzene rings is 1. The quantitative estimate of drug-likeness (QED) is 0.773. The first-order valence-electron chi connectivity index (χ1n) is 7.36. The van der Waals surface area contributed by atoms with E-state index in [1.54, 1.807) is 6.07 Å². The molecule has 0 aliphatic rings. The number of carbonyl (C=O) groups excluding carboxylic acids is 1. The van der Waals surface area contributed by atoms with Crippen molar-refractivity contribution in [1.29, 1.82) is 0 Å². The number of nitrogens with one attached hydrogen (secondary N) is 1. The maximum absolute atomic E-state index is 14.2. The van der Waals surface area contributed by atoms with Crippen molar-refractivity contribution in [3.63, 3.8) is 0 Å². The fourth-order valence-electron chi connectivity index (χ4n) is 2.19. The van der Waals surface area contributed by atoms with Crippen LogP contribution in [0.5, 0.6) is 0 Å². The first-order chi connectivity index (χ1) is 9.82. The number of nitrogens with two attached hydrogens (primary N) is 1. The third kappa shape index (κ3) is 5.34. The summed E-state index contributed by atoms with van der Waals surface area (Å²) >= 11 is 0. The Balaban J connectivity index is 3.03. The van der Waals surface area contributed by atoms with E-state index in [2.05, 4.69) is 19.2 Å². The summed E-state index contributed by atoms with van der Waals surface area (Å²) in [5.41, 5.74) is 6.61. The van der Waals surface area contributed by atoms with Crippen LogP contribution in [0, 0.1) is 11.7 Å². The van der Waals surface area contributed by atoms with E-state index in [9.17, 15) is 9.18 Å². The number of halogens is 1. The maximum Gasteiger partial charge on any atom is 0.236 e. The van der Waals surface area contributed by atoms with Gasteiger partial charge in [0.15, 0.2) is 0 Å². The zero-order valence-electron chi connectivity index (χ0n) is 13.3. The molecule has 3 N–H and O–H groups in total. The second-order valence-corrected chi connectivity index (χ2v) is 5.95. The van der Waals surface area contributed by atoms with Crippen molar-refractivity contribution in [3.8, 4) is 0 Å². The van der Waals surface area contributed by atoms with Crippen molar-refractivity contribution in [2.45, 2.75) is 40.3 Å². The lowest BCUT2D eigenvalue weighted by Gasteiger charge is -2.30. The van der Waals surface area contributed by atoms with Crippen LogP contribution >= 0.6 is 0 Å². The first kappa shape index (κ1) is 17.4. The summed E-state index contributed by atoms with van der Waals surface area (Å²) in [6.45, 7) is 9.44. The largest absolute Gasteiger partial charge is 0.368 e. The number of hydrogen-bond acceptors (Lipinski definition) is 3. The molecule has 0 radical (unpaired) electrons. The van der Waals surface area contributed by atoms with Crippen LogP contribution in [0.4, 0.5) is 10.1 Å². The molecule has 1 aromatic rings. The van der Waals surface area contributed by atoms with Gasteiger partial charge in [0.1, 0.15) is 5.82 Å². The Bertz CT molecular complexity index is 475. The van der Waals surface area contributed by atoms with Crippen LogP contribution in [-0.4, -0.2) is 25.0 Å². The molecule has 0 spiro atoms. The van der Waals surface area contributed by atoms with Gasteiger partial charge in [-0.3, -0.25) is 4.79 Å². The molecular weight excluding hydrogens is 269 g/mol. The SMILES string of the molecule is CC(C)CNCc1c(F)cccc1N(CC(N)=O)C(C)C. The Hall–Kier alpha value is -1.62. The van der Waals surface area contributed by atoms with Gasteiger partial charge in [-0.2, -0.15) is 0 Å². The molecule has 0 bridgehead atoms. The molecule has 0 atom stereocenters. The Morgan fingerprint density at radius 3 is 2.52 bits per heavy atom. The number of rotatable bonds is 8. The van der Waals surface area contributed by atoms with Crippen molar-refractivity contribution in [2.75, 3.05) is 18.0 Å². The van der Waals surface area contributed by atoms with Gasteiger partial charge in [-0.15, -0.1) is 0 Å². The highest BCUT2D eigenvalue weighted by Crippen LogP contribution is 2.25. The second kappa shape index (κ2) is 7.98. The third-order valence-corrected chi connectivity index (χ3v) is 3.21. The number of nitrogens with zero attached hydrogens (tertiary/aromatic N) is 1. The average molecular weight is 295 g/mol. The summed E-state index contributed by atoms with van der Waals surface area (Å²) in [5, 5.41) is 3.25. The number of carbonyl (C=O) groups is 1. The number of amides is 1. The van der Waals surface area contributed by atoms with E-state index in [4.69, 9.17) is 5.73 Å². The maximum atomic E-state index is 14.2. The third-order valence-electron chi connectivity index (χ3n) is 3.21. The van der Waals surface area contributed by atoms with Gasteiger partial charge in [-0.1, -0.05) is 19.9 Å². The molecule has 0 saturated heterocycles. The molecule has 0 unspecified atom stereocenters. The molecule has 4 nitrogen and oxygen atoms in total. The Labute approximate surface area is 126 Å². The van der Waals surface area contributed by atoms with Crippen LogP contribution in [0.15, 0.2) is 18.2 Å². The molecule has 1 rings (SSSR count). The van der Waals surface area contributed by atoms with Gasteiger partial charge in [0.05, 0.1) is 6.54 Å². The summed E-state index contributed by atoms with van der Waals surface area (Å²) in [4.78, 5) is 13.1. The molecular formula is C16H26FN3O. The molecule has 21 heavy (non-hydrogen) atoms. The van der Waals surface area contributed by atoms with Crippen LogP contribution in [0.25, 0.3) is 0 Å². The Morgan fingerprint density at radius 1 is 1.33 bits per heavy atom. The van der Waals surface area contributed by atoms with E-state index >= 15 is 0 Å². The van der Waals surface area contributed by atoms with E-state index in [0.29, 0.717) is 18.0 Å². The molecule has 5 heteroatoms. The molecule has 0 aliphatic carbocycles. The zero-order chi connectivity index (χ0) is 16.0. The topological polar surface area (TPSA) is 58.4 Å². The smallest absolute Gasteiger partial charge is 0.236 e. The molecule has 0 fully saturated rings. The van der Waals surface area contributed by atoms with Crippen molar-refractivity contribution >= 4 is 11.6 Å². The van der Waals surface area contributed by atoms with Crippen LogP contribution in [0.3, 0.4) is 0 Å². The lowest BCUT2D eigenvalue weighted by atomic mass is 10.1. The van der Waals surface area contributed by atoms with Gasteiger partial charge in [0.25, 0.3) is 0 Å². The molecule has 118 valence electrons. The van der Waals surface area contributed by atoms with Crippen molar-refractivity contribution in [1.82, 2.24) is 5.32 Å². The summed E-state index contributed by atoms with van der Waals surface area (Å²) in [7, 11) is 0. The highest BCUT2D eigenvalue weighted by Gasteiger charge is 2.18. The second-order valence-electron chi connectivity index (χ2n) is 5.95. The summed E-state index contributed by atoms with van der Waals surface area (Å²) < 4.78 is 14.2. The highest BCUT2D eigenvalue weighted by atomic mass is 19.1. The van der Waals surface area contributed by atoms with Gasteiger partial charge in [-0.05, 0) is 38.4 Å². The van der Waals surface area contributed by atoms with E-state index in [-0.39, 0.29) is 18.4 Å². The monoisotopic (exact) mass is 295 g/mol. The lowest BCUT2D eigenvalue weighted by Crippen LogP contribution is -2.39. The standard InChI is InChI=1S/C16H26FN3O/c1-11(2)8-19-9-13-14(17)6-5-7-15(13)20(12(3)4)10-16(18)21/h5-7,11-12,19H,8-10H2,1-4H3,(H2,18,21). The predicted octanol–water partition coefficient (Wildman–Crippen LogP) is 2.27. The first-order valence-corrected chi connectivity index (χ1v) is 7.36. The van der Waals surface area contributed by atoms with Gasteiger partial charge >= 0.3 is 0 Å². The van der Waals surface area contributed by atoms with Crippen LogP contribution in [0.2, 0.25) is 0 Å². The van der Waals surface area contributed by atoms with Crippen molar-refractivity contribution < 1.29 is 9.18 Å². The summed E-state index contributed by atoms with van der Waals surface area (Å²) in [6.07, 6.45) is 0. The molecule has 0 saturated carbocycles. The van der Waals surface area contributed by atoms with Crippen LogP contribution in [0.1, 0.15) is 33.3 Å². The van der Waals surface area contributed by atoms with Crippen molar-refractivity contribution in [2.24, 2.45) is 11.7 Å². The summed E-state index contributed by atoms with van der Waals surface area (Å²) in [6, 6.07) is 4.99. The zero-order valence-corrected chi connectivity index (χ0v) is 13.3. The minimum atomic E-state index is -0.422. The average Bonchev–Trinajstić information content (AvgIpc) is 2.37. The Morgan fingerprint density at radius 2 is 2.00 bits per heavy atom. The fourth-order valence-corrected chi connectivity index (χ4v) is 2.19. The lowest BCUT2D eigenvalue weighted by molar-refractivity contribution is -0.116. The van der Waals surface area contributed by atoms with Crippen LogP contribution < -0.4 is 16.0 Å². The highest BCUT2D eigenvalue weighted by molar-refractivity contribution is 5.80. The van der Waals surface area contributed by atoms with Gasteiger partial charge in [0, 0.05) is 23.8 Å². The Kier molecular flexibility index (Phi) is 6.62. The van der Waals surface area contributed by atoms with E-state index in [0.717, 1.165) is 12.2 Å². The van der Waals surface area contributed by atoms with Crippen molar-refractivity contribution in [3.05, 3.63) is 29.6 Å². The normalized spacial score (nSPS) is 11.2. The van der Waals surface area contributed by atoms with Crippen LogP contribution in [-0.2, 0) is 11.3 Å². The molecule has 0 aromatic heterocycles. The van der Waals surface area contributed by atoms with E-state index in [1.807, 2.05) is 24.8 Å². The van der Waals surface area contributed by atoms with Gasteiger partial charge in [-0.25, -0.2) is 4.39 Å². The predicted molar refractivity (Wildman–Crippen MR) is 84.6 cm³/mol. The minimum absolute atomic E-state index is 0.0585. The van der Waals surface area contributed by atoms with Gasteiger partial charge in [0.2, 0.25) is 5.91 Å². The number of primary amides is 1. The van der Waals surface area contributed by atoms with E-state index in [1.165, 1.54) is 6.07 Å². The number of anilines is 1. The van der Waals surface area contributed by atoms with E-state index < -0.39 is 5.91 Å². The van der Waals surface area contributed by atoms with Gasteiger partial charge < -0.3 is 16.0 Å².